The zero-order valence-electron chi connectivity index (χ0n) is 8.76. The van der Waals surface area contributed by atoms with Crippen molar-refractivity contribution >= 4 is 39.8 Å². The lowest BCUT2D eigenvalue weighted by atomic mass is 10.3. The summed E-state index contributed by atoms with van der Waals surface area (Å²) in [4.78, 5) is 20.8. The van der Waals surface area contributed by atoms with Crippen LogP contribution in [-0.4, -0.2) is 15.0 Å². The van der Waals surface area contributed by atoms with Crippen molar-refractivity contribution in [2.75, 3.05) is 3.53 Å². The summed E-state index contributed by atoms with van der Waals surface area (Å²) < 4.78 is 2.69. The summed E-state index contributed by atoms with van der Waals surface area (Å²) in [6.45, 7) is 4.00. The molecule has 2 rings (SSSR count). The molecule has 0 radical (unpaired) electrons. The SMILES string of the molecule is CC.N#Cc1c[nH]c2nc(NI)[nH]c(=O)c12. The zero-order valence-corrected chi connectivity index (χ0v) is 10.9. The van der Waals surface area contributed by atoms with E-state index in [0.29, 0.717) is 22.5 Å². The van der Waals surface area contributed by atoms with Gasteiger partial charge in [0.25, 0.3) is 5.56 Å². The number of nitrogens with one attached hydrogen (secondary N) is 3. The lowest BCUT2D eigenvalue weighted by Crippen LogP contribution is -2.09. The van der Waals surface area contributed by atoms with Gasteiger partial charge in [-0.3, -0.25) is 13.3 Å². The molecule has 0 aliphatic heterocycles. The van der Waals surface area contributed by atoms with Gasteiger partial charge in [0.15, 0.2) is 0 Å². The third kappa shape index (κ3) is 2.16. The molecule has 0 atom stereocenters. The van der Waals surface area contributed by atoms with Gasteiger partial charge >= 0.3 is 0 Å². The molecule has 0 bridgehead atoms. The van der Waals surface area contributed by atoms with Gasteiger partial charge in [0.05, 0.1) is 28.4 Å². The molecule has 84 valence electrons. The molecule has 3 N–H and O–H groups in total. The highest BCUT2D eigenvalue weighted by Crippen LogP contribution is 2.12. The summed E-state index contributed by atoms with van der Waals surface area (Å²) in [5, 5.41) is 9.00. The molecule has 0 saturated carbocycles. The number of H-pyrrole nitrogens is 2. The fraction of sp³-hybridized carbons (Fsp3) is 0.222. The van der Waals surface area contributed by atoms with Crippen LogP contribution in [0.25, 0.3) is 11.0 Å². The summed E-state index contributed by atoms with van der Waals surface area (Å²) in [7, 11) is 0. The number of hydrogen-bond donors (Lipinski definition) is 3. The molecule has 16 heavy (non-hydrogen) atoms. The first-order valence-corrected chi connectivity index (χ1v) is 5.72. The van der Waals surface area contributed by atoms with E-state index in [4.69, 9.17) is 5.26 Å². The first-order chi connectivity index (χ1) is 7.76. The molecule has 0 unspecified atom stereocenters. The quantitative estimate of drug-likeness (QED) is 0.549. The molecule has 6 nitrogen and oxygen atoms in total. The first-order valence-electron chi connectivity index (χ1n) is 4.64. The number of aromatic amines is 2. The van der Waals surface area contributed by atoms with Gasteiger partial charge in [-0.1, -0.05) is 13.8 Å². The molecule has 0 aliphatic carbocycles. The van der Waals surface area contributed by atoms with Crippen molar-refractivity contribution in [2.24, 2.45) is 0 Å². The number of nitriles is 1. The molecule has 7 heteroatoms. The van der Waals surface area contributed by atoms with Crippen molar-refractivity contribution in [1.82, 2.24) is 15.0 Å². The maximum Gasteiger partial charge on any atom is 0.263 e. The maximum atomic E-state index is 11.5. The fourth-order valence-electron chi connectivity index (χ4n) is 1.17. The highest BCUT2D eigenvalue weighted by atomic mass is 127. The highest BCUT2D eigenvalue weighted by molar-refractivity contribution is 14.1. The maximum absolute atomic E-state index is 11.5. The molecule has 0 aliphatic rings. The lowest BCUT2D eigenvalue weighted by molar-refractivity contribution is 1.18. The Hall–Kier alpha value is -1.56. The van der Waals surface area contributed by atoms with Gasteiger partial charge in [0.2, 0.25) is 5.95 Å². The van der Waals surface area contributed by atoms with E-state index < -0.39 is 0 Å². The van der Waals surface area contributed by atoms with Crippen molar-refractivity contribution < 1.29 is 0 Å². The first kappa shape index (κ1) is 12.5. The molecule has 0 fully saturated rings. The van der Waals surface area contributed by atoms with Gasteiger partial charge in [-0.25, -0.2) is 0 Å². The third-order valence-electron chi connectivity index (χ3n) is 1.75. The standard InChI is InChI=1S/C7H4IN5O.C2H6/c8-13-7-11-5-4(6(14)12-7)3(1-9)2-10-5;1-2/h2H,(H3,10,11,12,13,14);1-2H3. The second-order valence-corrected chi connectivity index (χ2v) is 3.09. The molecule has 2 heterocycles. The van der Waals surface area contributed by atoms with E-state index in [1.807, 2.05) is 42.8 Å². The molecule has 0 spiro atoms. The van der Waals surface area contributed by atoms with Gasteiger partial charge in [0, 0.05) is 6.20 Å². The molecular weight excluding hydrogens is 321 g/mol. The number of hydrogen-bond acceptors (Lipinski definition) is 4. The van der Waals surface area contributed by atoms with Crippen molar-refractivity contribution in [2.45, 2.75) is 13.8 Å². The van der Waals surface area contributed by atoms with Crippen LogP contribution in [0.4, 0.5) is 5.95 Å². The van der Waals surface area contributed by atoms with E-state index >= 15 is 0 Å². The number of aromatic nitrogens is 3. The molecular formula is C9H10IN5O. The van der Waals surface area contributed by atoms with Gasteiger partial charge in [-0.05, 0) is 0 Å². The second kappa shape index (κ2) is 5.50. The summed E-state index contributed by atoms with van der Waals surface area (Å²) >= 11 is 1.86. The summed E-state index contributed by atoms with van der Waals surface area (Å²) in [5.41, 5.74) is 0.380. The van der Waals surface area contributed by atoms with Crippen molar-refractivity contribution in [1.29, 1.82) is 5.26 Å². The van der Waals surface area contributed by atoms with E-state index in [1.165, 1.54) is 6.20 Å². The predicted octanol–water partition coefficient (Wildman–Crippen LogP) is 1.91. The molecule has 0 aromatic carbocycles. The number of anilines is 1. The van der Waals surface area contributed by atoms with Gasteiger partial charge in [-0.2, -0.15) is 10.2 Å². The third-order valence-corrected chi connectivity index (χ3v) is 2.26. The lowest BCUT2D eigenvalue weighted by Gasteiger charge is -1.95. The Morgan fingerprint density at radius 1 is 1.56 bits per heavy atom. The monoisotopic (exact) mass is 331 g/mol. The van der Waals surface area contributed by atoms with Crippen LogP contribution in [0.2, 0.25) is 0 Å². The topological polar surface area (TPSA) is 97.4 Å². The minimum Gasteiger partial charge on any atom is -0.344 e. The average molecular weight is 331 g/mol. The van der Waals surface area contributed by atoms with Crippen LogP contribution in [0.15, 0.2) is 11.0 Å². The number of rotatable bonds is 1. The molecule has 2 aromatic heterocycles. The Labute approximate surface area is 106 Å². The highest BCUT2D eigenvalue weighted by Gasteiger charge is 2.09. The fourth-order valence-corrected chi connectivity index (χ4v) is 1.43. The van der Waals surface area contributed by atoms with Crippen LogP contribution in [0, 0.1) is 11.3 Å². The Morgan fingerprint density at radius 3 is 2.81 bits per heavy atom. The van der Waals surface area contributed by atoms with E-state index in [2.05, 4.69) is 18.5 Å². The normalized spacial score (nSPS) is 9.12. The van der Waals surface area contributed by atoms with Crippen molar-refractivity contribution in [3.8, 4) is 6.07 Å². The van der Waals surface area contributed by atoms with Crippen LogP contribution < -0.4 is 9.09 Å². The Bertz CT molecular complexity index is 580. The van der Waals surface area contributed by atoms with Crippen LogP contribution in [0.5, 0.6) is 0 Å². The smallest absolute Gasteiger partial charge is 0.263 e. The van der Waals surface area contributed by atoms with Crippen LogP contribution in [-0.2, 0) is 0 Å². The number of halogens is 1. The Balaban J connectivity index is 0.000000606. The van der Waals surface area contributed by atoms with E-state index in [0.717, 1.165) is 0 Å². The molecule has 2 aromatic rings. The minimum absolute atomic E-state index is 0.294. The predicted molar refractivity (Wildman–Crippen MR) is 70.4 cm³/mol. The summed E-state index contributed by atoms with van der Waals surface area (Å²) in [6, 6.07) is 1.91. The van der Waals surface area contributed by atoms with Gasteiger partial charge < -0.3 is 4.98 Å². The van der Waals surface area contributed by atoms with Crippen LogP contribution in [0.3, 0.4) is 0 Å². The minimum atomic E-state index is -0.327. The number of fused-ring (bicyclic) bond motifs is 1. The van der Waals surface area contributed by atoms with Crippen LogP contribution in [0.1, 0.15) is 19.4 Å². The summed E-state index contributed by atoms with van der Waals surface area (Å²) in [5.74, 6) is 0.356. The van der Waals surface area contributed by atoms with E-state index in [1.54, 1.807) is 0 Å². The zero-order chi connectivity index (χ0) is 12.1. The second-order valence-electron chi connectivity index (χ2n) is 2.55. The summed E-state index contributed by atoms with van der Waals surface area (Å²) in [6.07, 6.45) is 1.46. The van der Waals surface area contributed by atoms with Gasteiger partial charge in [-0.15, -0.1) is 0 Å². The van der Waals surface area contributed by atoms with E-state index in [9.17, 15) is 4.79 Å². The molecule has 0 amide bonds. The average Bonchev–Trinajstić information content (AvgIpc) is 2.75. The van der Waals surface area contributed by atoms with Crippen molar-refractivity contribution in [3.05, 3.63) is 22.1 Å². The van der Waals surface area contributed by atoms with Gasteiger partial charge in [0.1, 0.15) is 17.1 Å². The van der Waals surface area contributed by atoms with Crippen LogP contribution >= 0.6 is 22.9 Å². The Kier molecular flexibility index (Phi) is 4.30. The molecule has 0 saturated heterocycles. The largest absolute Gasteiger partial charge is 0.344 e. The van der Waals surface area contributed by atoms with Crippen molar-refractivity contribution in [3.63, 3.8) is 0 Å². The Morgan fingerprint density at radius 2 is 2.25 bits per heavy atom. The van der Waals surface area contributed by atoms with E-state index in [-0.39, 0.29) is 5.56 Å². The number of nitrogens with zero attached hydrogens (tertiary/aromatic N) is 2.